The maximum absolute atomic E-state index is 13.5. The minimum absolute atomic E-state index is 0.105. The summed E-state index contributed by atoms with van der Waals surface area (Å²) in [6, 6.07) is 7.44. The summed E-state index contributed by atoms with van der Waals surface area (Å²) in [5.41, 5.74) is 0.182. The van der Waals surface area contributed by atoms with Gasteiger partial charge in [0, 0.05) is 5.56 Å². The zero-order valence-corrected chi connectivity index (χ0v) is 10.4. The predicted molar refractivity (Wildman–Crippen MR) is 71.1 cm³/mol. The number of hydrogen-bond donors (Lipinski definition) is 2. The van der Waals surface area contributed by atoms with Crippen molar-refractivity contribution in [2.24, 2.45) is 0 Å². The molecular formula is C14H8F2N2O3. The van der Waals surface area contributed by atoms with Crippen LogP contribution in [-0.2, 0) is 0 Å². The van der Waals surface area contributed by atoms with Crippen molar-refractivity contribution in [3.8, 4) is 0 Å². The first kappa shape index (κ1) is 13.0. The number of nitrogens with one attached hydrogen (secondary N) is 2. The highest BCUT2D eigenvalue weighted by atomic mass is 19.1. The van der Waals surface area contributed by atoms with Crippen molar-refractivity contribution in [3.05, 3.63) is 64.1 Å². The fourth-order valence-corrected chi connectivity index (χ4v) is 1.89. The molecule has 2 N–H and O–H groups in total. The van der Waals surface area contributed by atoms with E-state index < -0.39 is 29.0 Å². The number of hydrogen-bond acceptors (Lipinski definition) is 3. The standard InChI is InChI=1S/C14H8F2N2O3/c15-8-2-1-3-9(16)12(8)18-13(19)7-4-5-10-11(6-7)21-14(20)17-10/h1-6H,(H,17,20)(H,18,19). The van der Waals surface area contributed by atoms with Crippen LogP contribution in [0.15, 0.2) is 45.6 Å². The lowest BCUT2D eigenvalue weighted by Gasteiger charge is -2.07. The lowest BCUT2D eigenvalue weighted by Crippen LogP contribution is -2.14. The minimum atomic E-state index is -0.877. The lowest BCUT2D eigenvalue weighted by atomic mass is 10.2. The molecule has 0 fully saturated rings. The number of carbonyl (C=O) groups is 1. The molecule has 106 valence electrons. The number of aromatic nitrogens is 1. The molecule has 0 aliphatic heterocycles. The Morgan fingerprint density at radius 3 is 2.57 bits per heavy atom. The van der Waals surface area contributed by atoms with Crippen molar-refractivity contribution in [2.75, 3.05) is 5.32 Å². The van der Waals surface area contributed by atoms with Crippen molar-refractivity contribution < 1.29 is 18.0 Å². The summed E-state index contributed by atoms with van der Waals surface area (Å²) in [4.78, 5) is 25.4. The summed E-state index contributed by atoms with van der Waals surface area (Å²) in [6.45, 7) is 0. The second kappa shape index (κ2) is 4.86. The molecule has 2 aromatic carbocycles. The van der Waals surface area contributed by atoms with Gasteiger partial charge in [-0.2, -0.15) is 0 Å². The quantitative estimate of drug-likeness (QED) is 0.762. The summed E-state index contributed by atoms with van der Waals surface area (Å²) in [6.07, 6.45) is 0. The third-order valence-electron chi connectivity index (χ3n) is 2.88. The van der Waals surface area contributed by atoms with Crippen LogP contribution in [0.1, 0.15) is 10.4 Å². The Labute approximate surface area is 116 Å². The Bertz CT molecular complexity index is 878. The van der Waals surface area contributed by atoms with Crippen LogP contribution in [0.4, 0.5) is 14.5 Å². The van der Waals surface area contributed by atoms with Crippen LogP contribution in [0.3, 0.4) is 0 Å². The predicted octanol–water partition coefficient (Wildman–Crippen LogP) is 2.65. The molecule has 0 spiro atoms. The number of H-pyrrole nitrogens is 1. The normalized spacial score (nSPS) is 10.8. The number of rotatable bonds is 2. The molecule has 0 atom stereocenters. The monoisotopic (exact) mass is 290 g/mol. The molecule has 0 aliphatic carbocycles. The average molecular weight is 290 g/mol. The van der Waals surface area contributed by atoms with Gasteiger partial charge in [-0.1, -0.05) is 6.07 Å². The fraction of sp³-hybridized carbons (Fsp3) is 0. The number of aromatic amines is 1. The summed E-state index contributed by atoms with van der Waals surface area (Å²) in [5, 5.41) is 2.15. The molecule has 0 saturated carbocycles. The molecule has 0 aliphatic rings. The molecule has 1 heterocycles. The van der Waals surface area contributed by atoms with E-state index in [1.807, 2.05) is 0 Å². The second-order valence-corrected chi connectivity index (χ2v) is 4.28. The van der Waals surface area contributed by atoms with Gasteiger partial charge < -0.3 is 9.73 Å². The third kappa shape index (κ3) is 2.40. The van der Waals surface area contributed by atoms with Gasteiger partial charge in [-0.05, 0) is 30.3 Å². The highest BCUT2D eigenvalue weighted by Crippen LogP contribution is 2.20. The number of anilines is 1. The van der Waals surface area contributed by atoms with Gasteiger partial charge in [-0.15, -0.1) is 0 Å². The van der Waals surface area contributed by atoms with E-state index in [4.69, 9.17) is 4.42 Å². The van der Waals surface area contributed by atoms with Crippen LogP contribution < -0.4 is 11.1 Å². The maximum atomic E-state index is 13.5. The Balaban J connectivity index is 1.95. The van der Waals surface area contributed by atoms with Crippen LogP contribution in [-0.4, -0.2) is 10.9 Å². The molecule has 21 heavy (non-hydrogen) atoms. The summed E-state index contributed by atoms with van der Waals surface area (Å²) >= 11 is 0. The summed E-state index contributed by atoms with van der Waals surface area (Å²) < 4.78 is 31.7. The molecule has 1 amide bonds. The number of benzene rings is 2. The van der Waals surface area contributed by atoms with E-state index in [1.165, 1.54) is 24.3 Å². The Morgan fingerprint density at radius 2 is 1.86 bits per heavy atom. The van der Waals surface area contributed by atoms with Crippen LogP contribution >= 0.6 is 0 Å². The molecule has 3 rings (SSSR count). The van der Waals surface area contributed by atoms with Crippen molar-refractivity contribution in [1.82, 2.24) is 4.98 Å². The zero-order valence-electron chi connectivity index (χ0n) is 10.4. The Kier molecular flexibility index (Phi) is 3.02. The molecule has 5 nitrogen and oxygen atoms in total. The van der Waals surface area contributed by atoms with Crippen LogP contribution in [0.25, 0.3) is 11.1 Å². The first-order valence-electron chi connectivity index (χ1n) is 5.93. The van der Waals surface area contributed by atoms with E-state index in [2.05, 4.69) is 10.3 Å². The van der Waals surface area contributed by atoms with Gasteiger partial charge in [0.2, 0.25) is 0 Å². The molecule has 3 aromatic rings. The van der Waals surface area contributed by atoms with Gasteiger partial charge in [-0.3, -0.25) is 9.78 Å². The van der Waals surface area contributed by atoms with E-state index in [1.54, 1.807) is 0 Å². The summed E-state index contributed by atoms with van der Waals surface area (Å²) in [5.74, 6) is -3.12. The SMILES string of the molecule is O=C(Nc1c(F)cccc1F)c1ccc2[nH]c(=O)oc2c1. The van der Waals surface area contributed by atoms with E-state index in [-0.39, 0.29) is 11.1 Å². The number of oxazole rings is 1. The number of para-hydroxylation sites is 1. The van der Waals surface area contributed by atoms with E-state index in [9.17, 15) is 18.4 Å². The van der Waals surface area contributed by atoms with Crippen molar-refractivity contribution in [3.63, 3.8) is 0 Å². The highest BCUT2D eigenvalue weighted by Gasteiger charge is 2.14. The van der Waals surface area contributed by atoms with Crippen LogP contribution in [0.5, 0.6) is 0 Å². The number of fused-ring (bicyclic) bond motifs is 1. The van der Waals surface area contributed by atoms with Gasteiger partial charge in [0.1, 0.15) is 17.3 Å². The van der Waals surface area contributed by atoms with Gasteiger partial charge >= 0.3 is 5.76 Å². The van der Waals surface area contributed by atoms with Crippen molar-refractivity contribution in [2.45, 2.75) is 0 Å². The second-order valence-electron chi connectivity index (χ2n) is 4.28. The van der Waals surface area contributed by atoms with Crippen LogP contribution in [0.2, 0.25) is 0 Å². The lowest BCUT2D eigenvalue weighted by molar-refractivity contribution is 0.102. The molecule has 7 heteroatoms. The molecule has 0 saturated heterocycles. The smallest absolute Gasteiger partial charge is 0.408 e. The Hall–Kier alpha value is -2.96. The van der Waals surface area contributed by atoms with Gasteiger partial charge in [-0.25, -0.2) is 13.6 Å². The molecule has 0 unspecified atom stereocenters. The van der Waals surface area contributed by atoms with Gasteiger partial charge in [0.25, 0.3) is 5.91 Å². The molecule has 0 radical (unpaired) electrons. The number of carbonyl (C=O) groups excluding carboxylic acids is 1. The minimum Gasteiger partial charge on any atom is -0.408 e. The van der Waals surface area contributed by atoms with Gasteiger partial charge in [0.05, 0.1) is 5.52 Å². The third-order valence-corrected chi connectivity index (χ3v) is 2.88. The molecule has 1 aromatic heterocycles. The molecular weight excluding hydrogens is 282 g/mol. The first-order valence-corrected chi connectivity index (χ1v) is 5.93. The van der Waals surface area contributed by atoms with E-state index >= 15 is 0 Å². The van der Waals surface area contributed by atoms with E-state index in [0.717, 1.165) is 12.1 Å². The summed E-state index contributed by atoms with van der Waals surface area (Å²) in [7, 11) is 0. The highest BCUT2D eigenvalue weighted by molar-refractivity contribution is 6.05. The van der Waals surface area contributed by atoms with E-state index in [0.29, 0.717) is 5.52 Å². The Morgan fingerprint density at radius 1 is 1.14 bits per heavy atom. The largest absolute Gasteiger partial charge is 0.417 e. The van der Waals surface area contributed by atoms with Gasteiger partial charge in [0.15, 0.2) is 5.58 Å². The topological polar surface area (TPSA) is 75.1 Å². The average Bonchev–Trinajstić information content (AvgIpc) is 2.81. The number of halogens is 2. The van der Waals surface area contributed by atoms with Crippen molar-refractivity contribution >= 4 is 22.7 Å². The molecule has 0 bridgehead atoms. The first-order chi connectivity index (χ1) is 10.0. The van der Waals surface area contributed by atoms with Crippen LogP contribution in [0, 0.1) is 11.6 Å². The zero-order chi connectivity index (χ0) is 15.0. The van der Waals surface area contributed by atoms with Crippen molar-refractivity contribution in [1.29, 1.82) is 0 Å². The fourth-order valence-electron chi connectivity index (χ4n) is 1.89. The maximum Gasteiger partial charge on any atom is 0.417 e. The number of amides is 1.